The van der Waals surface area contributed by atoms with Crippen LogP contribution in [-0.4, -0.2) is 117 Å². The molecule has 2 atom stereocenters. The molecule has 0 aromatic rings. The summed E-state index contributed by atoms with van der Waals surface area (Å²) in [5, 5.41) is 28.1. The zero-order valence-electron chi connectivity index (χ0n) is 21.8. The van der Waals surface area contributed by atoms with Crippen LogP contribution in [0.1, 0.15) is 0 Å². The van der Waals surface area contributed by atoms with E-state index in [1.54, 1.807) is 82.3 Å². The molecule has 0 aliphatic carbocycles. The van der Waals surface area contributed by atoms with Gasteiger partial charge in [-0.05, 0) is 0 Å². The van der Waals surface area contributed by atoms with E-state index in [1.807, 2.05) is 0 Å². The van der Waals surface area contributed by atoms with Crippen LogP contribution in [0.15, 0.2) is 9.98 Å². The first kappa shape index (κ1) is 43.7. The van der Waals surface area contributed by atoms with Gasteiger partial charge in [0.2, 0.25) is 11.1 Å². The van der Waals surface area contributed by atoms with Crippen LogP contribution in [0.2, 0.25) is 0 Å². The van der Waals surface area contributed by atoms with E-state index < -0.39 is 22.4 Å². The summed E-state index contributed by atoms with van der Waals surface area (Å²) >= 11 is 13.9. The fourth-order valence-corrected chi connectivity index (χ4v) is 13.4. The Hall–Kier alpha value is 2.67. The lowest BCUT2D eigenvalue weighted by Crippen LogP contribution is -2.17. The molecule has 0 aliphatic rings. The standard InChI is InChI=1S/C18H34N4O6S13/c23-7-33-13-38-17(25)21-3-31-10-30-2-20-6-41(28)16-37-12-35-11-36-14-39-18(26)22-4-32-9-29-1-19-5-40(27)15-34-8-24/h5-6,23-24H,1-4,7-16H2,(H,21,25)(H,22,26)/b19-5+,20-6+. The van der Waals surface area contributed by atoms with Crippen molar-refractivity contribution in [2.45, 2.75) is 0 Å². The summed E-state index contributed by atoms with van der Waals surface area (Å²) in [5.41, 5.74) is 2.90. The summed E-state index contributed by atoms with van der Waals surface area (Å²) < 4.78 is 23.4. The molecule has 0 saturated carbocycles. The molecule has 4 N–H and O–H groups in total. The van der Waals surface area contributed by atoms with Crippen LogP contribution in [0.5, 0.6) is 0 Å². The van der Waals surface area contributed by atoms with Crippen molar-refractivity contribution in [2.75, 3.05) is 76.1 Å². The highest BCUT2D eigenvalue weighted by Gasteiger charge is 2.05. The molecule has 23 heteroatoms. The predicted octanol–water partition coefficient (Wildman–Crippen LogP) is 5.41. The number of amides is 2. The first-order valence-electron chi connectivity index (χ1n) is 11.0. The number of aliphatic imine (C=N–C) groups is 2. The number of aliphatic hydroxyl groups excluding tert-OH is 2. The summed E-state index contributed by atoms with van der Waals surface area (Å²) in [7, 11) is 0. The number of aliphatic hydroxyl groups is 2. The highest BCUT2D eigenvalue weighted by Crippen LogP contribution is 2.22. The van der Waals surface area contributed by atoms with Gasteiger partial charge in [-0.25, -0.2) is 9.98 Å². The van der Waals surface area contributed by atoms with Crippen molar-refractivity contribution < 1.29 is 28.9 Å². The average Bonchev–Trinajstić information content (AvgIpc) is 2.96. The summed E-state index contributed by atoms with van der Waals surface area (Å²) in [6.07, 6.45) is 0. The van der Waals surface area contributed by atoms with E-state index >= 15 is 0 Å². The summed E-state index contributed by atoms with van der Waals surface area (Å²) in [4.78, 5) is 31.6. The van der Waals surface area contributed by atoms with Crippen molar-refractivity contribution in [3.63, 3.8) is 0 Å². The highest BCUT2D eigenvalue weighted by molar-refractivity contribution is 8.30. The fourth-order valence-electron chi connectivity index (χ4n) is 1.64. The molecule has 10 nitrogen and oxygen atoms in total. The summed E-state index contributed by atoms with van der Waals surface area (Å²) in [5.74, 6) is 2.05. The Morgan fingerprint density at radius 2 is 1.05 bits per heavy atom. The molecule has 2 amide bonds. The van der Waals surface area contributed by atoms with Gasteiger partial charge in [0.05, 0.1) is 40.5 Å². The van der Waals surface area contributed by atoms with Gasteiger partial charge in [0.15, 0.2) is 10.2 Å². The van der Waals surface area contributed by atoms with Crippen LogP contribution in [-0.2, 0) is 22.4 Å². The maximum atomic E-state index is 12.0. The molecular formula is C18H34N4O6S13. The summed E-state index contributed by atoms with van der Waals surface area (Å²) in [6, 6.07) is 0. The van der Waals surface area contributed by atoms with E-state index in [0.29, 0.717) is 43.8 Å². The monoisotopic (exact) mass is 818 g/mol. The van der Waals surface area contributed by atoms with Crippen LogP contribution < -0.4 is 10.6 Å². The molecule has 0 spiro atoms. The highest BCUT2D eigenvalue weighted by atomic mass is 32.3. The maximum Gasteiger partial charge on any atom is 0.280 e. The number of carbonyl (C=O) groups is 2. The Balaban J connectivity index is 3.43. The number of nitrogens with zero attached hydrogens (tertiary/aromatic N) is 2. The van der Waals surface area contributed by atoms with Gasteiger partial charge in [-0.15, -0.1) is 82.3 Å². The lowest BCUT2D eigenvalue weighted by Gasteiger charge is -2.06. The normalized spacial score (nSPS) is 13.2. The molecule has 240 valence electrons. The minimum absolute atomic E-state index is 0.0116. The van der Waals surface area contributed by atoms with Gasteiger partial charge >= 0.3 is 0 Å². The van der Waals surface area contributed by atoms with Gasteiger partial charge < -0.3 is 30.0 Å². The third kappa shape index (κ3) is 35.4. The number of carbonyl (C=O) groups excluding carboxylic acids is 2. The second-order valence-corrected chi connectivity index (χ2v) is 22.2. The molecular weight excluding hydrogens is 785 g/mol. The van der Waals surface area contributed by atoms with Gasteiger partial charge in [0.25, 0.3) is 10.5 Å². The van der Waals surface area contributed by atoms with Crippen molar-refractivity contribution in [1.82, 2.24) is 10.6 Å². The molecule has 0 bridgehead atoms. The SMILES string of the molecule is O=C(NCSCSC/N=C/[S+]([O-])CSCSCSCSC(=O)NCSCSC/N=C/[S+]([O-])CSCO)SCSCO. The Morgan fingerprint density at radius 1 is 0.610 bits per heavy atom. The van der Waals surface area contributed by atoms with Crippen LogP contribution in [0.3, 0.4) is 0 Å². The van der Waals surface area contributed by atoms with Gasteiger partial charge in [-0.1, -0.05) is 47.0 Å². The van der Waals surface area contributed by atoms with Crippen molar-refractivity contribution in [3.05, 3.63) is 0 Å². The molecule has 0 fully saturated rings. The molecule has 2 unspecified atom stereocenters. The fraction of sp³-hybridized carbons (Fsp3) is 0.778. The van der Waals surface area contributed by atoms with E-state index in [2.05, 4.69) is 20.6 Å². The number of nitrogens with one attached hydrogen (secondary N) is 2. The van der Waals surface area contributed by atoms with Gasteiger partial charge in [0, 0.05) is 47.8 Å². The predicted molar refractivity (Wildman–Crippen MR) is 206 cm³/mol. The van der Waals surface area contributed by atoms with E-state index in [1.165, 1.54) is 46.4 Å². The zero-order valence-corrected chi connectivity index (χ0v) is 32.4. The van der Waals surface area contributed by atoms with E-state index in [0.717, 1.165) is 32.1 Å². The van der Waals surface area contributed by atoms with E-state index in [9.17, 15) is 18.7 Å². The summed E-state index contributed by atoms with van der Waals surface area (Å²) in [6.45, 7) is 0. The number of rotatable bonds is 28. The van der Waals surface area contributed by atoms with Crippen LogP contribution in [0.4, 0.5) is 9.59 Å². The Bertz CT molecular complexity index is 693. The molecule has 0 rings (SSSR count). The molecule has 41 heavy (non-hydrogen) atoms. The molecule has 0 aromatic carbocycles. The second-order valence-electron chi connectivity index (χ2n) is 6.14. The third-order valence-electron chi connectivity index (χ3n) is 3.15. The Labute approximate surface area is 295 Å². The second kappa shape index (κ2) is 35.5. The Morgan fingerprint density at radius 3 is 1.59 bits per heavy atom. The first-order valence-corrected chi connectivity index (χ1v) is 26.1. The minimum atomic E-state index is -1.15. The van der Waals surface area contributed by atoms with Crippen molar-refractivity contribution in [2.24, 2.45) is 9.98 Å². The van der Waals surface area contributed by atoms with Crippen molar-refractivity contribution in [1.29, 1.82) is 0 Å². The van der Waals surface area contributed by atoms with Crippen molar-refractivity contribution >= 4 is 173 Å². The van der Waals surface area contributed by atoms with Gasteiger partial charge in [0.1, 0.15) is 0 Å². The first-order chi connectivity index (χ1) is 20.0. The van der Waals surface area contributed by atoms with E-state index in [-0.39, 0.29) is 22.4 Å². The number of hydrogen-bond donors (Lipinski definition) is 4. The quantitative estimate of drug-likeness (QED) is 0.0260. The lowest BCUT2D eigenvalue weighted by atomic mass is 11.2. The van der Waals surface area contributed by atoms with Crippen molar-refractivity contribution in [3.8, 4) is 0 Å². The topological polar surface area (TPSA) is 169 Å². The number of thioether (sulfide) groups is 11. The van der Waals surface area contributed by atoms with Crippen LogP contribution >= 0.6 is 129 Å². The molecule has 0 aliphatic heterocycles. The maximum absolute atomic E-state index is 12.0. The molecule has 0 aromatic heterocycles. The lowest BCUT2D eigenvalue weighted by molar-refractivity contribution is 0.261. The van der Waals surface area contributed by atoms with Crippen LogP contribution in [0, 0.1) is 0 Å². The number of hydrogen-bond acceptors (Lipinski definition) is 19. The Kier molecular flexibility index (Phi) is 37.8. The minimum Gasteiger partial charge on any atom is -0.610 e. The van der Waals surface area contributed by atoms with E-state index in [4.69, 9.17) is 10.2 Å². The molecule has 0 saturated heterocycles. The largest absolute Gasteiger partial charge is 0.610 e. The smallest absolute Gasteiger partial charge is 0.280 e. The third-order valence-corrected chi connectivity index (χ3v) is 17.3. The van der Waals surface area contributed by atoms with Gasteiger partial charge in [-0.2, -0.15) is 0 Å². The molecule has 0 heterocycles. The average molecular weight is 819 g/mol. The van der Waals surface area contributed by atoms with Gasteiger partial charge in [-0.3, -0.25) is 9.59 Å². The zero-order chi connectivity index (χ0) is 30.2. The van der Waals surface area contributed by atoms with Crippen LogP contribution in [0.25, 0.3) is 0 Å². The molecule has 0 radical (unpaired) electrons.